The molecule has 0 amide bonds. The van der Waals surface area contributed by atoms with Crippen molar-refractivity contribution in [2.75, 3.05) is 13.7 Å². The van der Waals surface area contributed by atoms with Crippen LogP contribution in [-0.2, 0) is 11.2 Å². The van der Waals surface area contributed by atoms with Crippen LogP contribution in [0.25, 0.3) is 0 Å². The molecule has 0 heterocycles. The molecule has 0 saturated carbocycles. The molecule has 1 aromatic carbocycles. The third-order valence-electron chi connectivity index (χ3n) is 1.90. The highest BCUT2D eigenvalue weighted by Gasteiger charge is 2.04. The summed E-state index contributed by atoms with van der Waals surface area (Å²) in [6.07, 6.45) is 1.04. The standard InChI is InChI=1S/C10H15NO/c1-12-10(8-11)7-9-5-3-2-4-6-9/h2-6,10H,7-8,11H2,1H3/t10-/m0/s1. The molecule has 0 aromatic heterocycles. The number of methoxy groups -OCH3 is 1. The van der Waals surface area contributed by atoms with Gasteiger partial charge in [-0.2, -0.15) is 0 Å². The van der Waals surface area contributed by atoms with Crippen molar-refractivity contribution in [1.29, 1.82) is 0 Å². The number of hydrogen-bond donors (Lipinski definition) is 1. The predicted octanol–water partition coefficient (Wildman–Crippen LogP) is 1.20. The number of rotatable bonds is 4. The highest BCUT2D eigenvalue weighted by molar-refractivity contribution is 5.15. The van der Waals surface area contributed by atoms with E-state index in [1.165, 1.54) is 5.56 Å². The van der Waals surface area contributed by atoms with Gasteiger partial charge in [-0.05, 0) is 12.0 Å². The molecule has 12 heavy (non-hydrogen) atoms. The van der Waals surface area contributed by atoms with Crippen molar-refractivity contribution in [2.45, 2.75) is 12.5 Å². The van der Waals surface area contributed by atoms with Crippen LogP contribution in [0.4, 0.5) is 0 Å². The van der Waals surface area contributed by atoms with Gasteiger partial charge >= 0.3 is 0 Å². The number of benzene rings is 1. The third-order valence-corrected chi connectivity index (χ3v) is 1.90. The molecule has 1 aromatic rings. The second kappa shape index (κ2) is 4.91. The molecule has 0 radical (unpaired) electrons. The number of ether oxygens (including phenoxy) is 1. The van der Waals surface area contributed by atoms with Crippen LogP contribution in [-0.4, -0.2) is 19.8 Å². The van der Waals surface area contributed by atoms with E-state index >= 15 is 0 Å². The minimum Gasteiger partial charge on any atom is -0.380 e. The number of nitrogens with two attached hydrogens (primary N) is 1. The summed E-state index contributed by atoms with van der Waals surface area (Å²) in [5.74, 6) is 0. The fourth-order valence-electron chi connectivity index (χ4n) is 1.14. The van der Waals surface area contributed by atoms with Crippen LogP contribution in [0.15, 0.2) is 30.3 Å². The van der Waals surface area contributed by atoms with Gasteiger partial charge in [-0.25, -0.2) is 0 Å². The van der Waals surface area contributed by atoms with E-state index in [1.54, 1.807) is 7.11 Å². The van der Waals surface area contributed by atoms with E-state index in [0.717, 1.165) is 6.42 Å². The molecule has 1 atom stereocenters. The molecule has 0 unspecified atom stereocenters. The first-order chi connectivity index (χ1) is 5.86. The van der Waals surface area contributed by atoms with Crippen molar-refractivity contribution >= 4 is 0 Å². The molecular formula is C10H15NO. The maximum atomic E-state index is 5.51. The Bertz CT molecular complexity index is 206. The molecule has 0 bridgehead atoms. The van der Waals surface area contributed by atoms with E-state index in [2.05, 4.69) is 12.1 Å². The summed E-state index contributed by atoms with van der Waals surface area (Å²) in [7, 11) is 1.69. The summed E-state index contributed by atoms with van der Waals surface area (Å²) in [4.78, 5) is 0. The highest BCUT2D eigenvalue weighted by atomic mass is 16.5. The second-order valence-corrected chi connectivity index (χ2v) is 2.78. The lowest BCUT2D eigenvalue weighted by Crippen LogP contribution is -2.24. The van der Waals surface area contributed by atoms with Crippen molar-refractivity contribution in [2.24, 2.45) is 5.73 Å². The molecule has 1 rings (SSSR count). The molecule has 2 heteroatoms. The van der Waals surface area contributed by atoms with E-state index in [-0.39, 0.29) is 6.10 Å². The first-order valence-corrected chi connectivity index (χ1v) is 4.13. The molecule has 0 aliphatic carbocycles. The minimum atomic E-state index is 0.146. The molecule has 2 nitrogen and oxygen atoms in total. The summed E-state index contributed by atoms with van der Waals surface area (Å²) in [6.45, 7) is 0.575. The Morgan fingerprint density at radius 1 is 1.33 bits per heavy atom. The quantitative estimate of drug-likeness (QED) is 0.727. The van der Waals surface area contributed by atoms with E-state index in [1.807, 2.05) is 18.2 Å². The van der Waals surface area contributed by atoms with Crippen LogP contribution in [0.5, 0.6) is 0 Å². The first kappa shape index (κ1) is 9.23. The predicted molar refractivity (Wildman–Crippen MR) is 50.0 cm³/mol. The van der Waals surface area contributed by atoms with Gasteiger partial charge in [-0.1, -0.05) is 30.3 Å². The van der Waals surface area contributed by atoms with Crippen molar-refractivity contribution in [1.82, 2.24) is 0 Å². The highest BCUT2D eigenvalue weighted by Crippen LogP contribution is 2.03. The van der Waals surface area contributed by atoms with Crippen LogP contribution in [0.1, 0.15) is 5.56 Å². The summed E-state index contributed by atoms with van der Waals surface area (Å²) in [6, 6.07) is 10.2. The SMILES string of the molecule is CO[C@H](CN)Cc1ccccc1. The summed E-state index contributed by atoms with van der Waals surface area (Å²) >= 11 is 0. The zero-order valence-electron chi connectivity index (χ0n) is 7.36. The average molecular weight is 165 g/mol. The van der Waals surface area contributed by atoms with Crippen LogP contribution in [0.2, 0.25) is 0 Å². The van der Waals surface area contributed by atoms with Crippen LogP contribution >= 0.6 is 0 Å². The Hall–Kier alpha value is -0.860. The van der Waals surface area contributed by atoms with E-state index in [9.17, 15) is 0 Å². The smallest absolute Gasteiger partial charge is 0.0733 e. The van der Waals surface area contributed by atoms with Gasteiger partial charge in [0.1, 0.15) is 0 Å². The Kier molecular flexibility index (Phi) is 3.77. The maximum Gasteiger partial charge on any atom is 0.0733 e. The van der Waals surface area contributed by atoms with Gasteiger partial charge in [-0.15, -0.1) is 0 Å². The zero-order chi connectivity index (χ0) is 8.81. The largest absolute Gasteiger partial charge is 0.380 e. The molecule has 2 N–H and O–H groups in total. The van der Waals surface area contributed by atoms with Crippen LogP contribution < -0.4 is 5.73 Å². The normalized spacial score (nSPS) is 12.8. The first-order valence-electron chi connectivity index (χ1n) is 4.13. The Morgan fingerprint density at radius 2 is 2.00 bits per heavy atom. The summed E-state index contributed by atoms with van der Waals surface area (Å²) in [5.41, 5.74) is 6.78. The number of hydrogen-bond acceptors (Lipinski definition) is 2. The van der Waals surface area contributed by atoms with Crippen molar-refractivity contribution in [3.63, 3.8) is 0 Å². The molecule has 0 aliphatic heterocycles. The molecular weight excluding hydrogens is 150 g/mol. The van der Waals surface area contributed by atoms with Gasteiger partial charge in [0.2, 0.25) is 0 Å². The van der Waals surface area contributed by atoms with Gasteiger partial charge in [0, 0.05) is 13.7 Å². The topological polar surface area (TPSA) is 35.2 Å². The fraction of sp³-hybridized carbons (Fsp3) is 0.400. The van der Waals surface area contributed by atoms with Gasteiger partial charge in [0.15, 0.2) is 0 Å². The van der Waals surface area contributed by atoms with Crippen LogP contribution in [0, 0.1) is 0 Å². The molecule has 0 aliphatic rings. The molecule has 66 valence electrons. The van der Waals surface area contributed by atoms with Crippen molar-refractivity contribution < 1.29 is 4.74 Å². The van der Waals surface area contributed by atoms with Gasteiger partial charge in [0.25, 0.3) is 0 Å². The Labute approximate surface area is 73.3 Å². The van der Waals surface area contributed by atoms with Gasteiger partial charge in [-0.3, -0.25) is 0 Å². The molecule has 0 spiro atoms. The minimum absolute atomic E-state index is 0.146. The van der Waals surface area contributed by atoms with E-state index in [4.69, 9.17) is 10.5 Å². The summed E-state index contributed by atoms with van der Waals surface area (Å²) in [5, 5.41) is 0. The van der Waals surface area contributed by atoms with E-state index < -0.39 is 0 Å². The van der Waals surface area contributed by atoms with Gasteiger partial charge in [0.05, 0.1) is 6.10 Å². The Morgan fingerprint density at radius 3 is 2.50 bits per heavy atom. The lowest BCUT2D eigenvalue weighted by molar-refractivity contribution is 0.110. The molecule has 0 saturated heterocycles. The van der Waals surface area contributed by atoms with Gasteiger partial charge < -0.3 is 10.5 Å². The zero-order valence-corrected chi connectivity index (χ0v) is 7.36. The third kappa shape index (κ3) is 2.64. The van der Waals surface area contributed by atoms with Crippen LogP contribution in [0.3, 0.4) is 0 Å². The second-order valence-electron chi connectivity index (χ2n) is 2.78. The fourth-order valence-corrected chi connectivity index (χ4v) is 1.14. The average Bonchev–Trinajstić information content (AvgIpc) is 2.16. The van der Waals surface area contributed by atoms with E-state index in [0.29, 0.717) is 6.54 Å². The lowest BCUT2D eigenvalue weighted by atomic mass is 10.1. The lowest BCUT2D eigenvalue weighted by Gasteiger charge is -2.11. The summed E-state index contributed by atoms with van der Waals surface area (Å²) < 4.78 is 5.18. The van der Waals surface area contributed by atoms with Crippen molar-refractivity contribution in [3.05, 3.63) is 35.9 Å². The van der Waals surface area contributed by atoms with Crippen molar-refractivity contribution in [3.8, 4) is 0 Å². The maximum absolute atomic E-state index is 5.51. The Balaban J connectivity index is 2.51. The monoisotopic (exact) mass is 165 g/mol. The molecule has 0 fully saturated rings.